The topological polar surface area (TPSA) is 88.0 Å². The molecule has 1 atom stereocenters. The Bertz CT molecular complexity index is 765. The molecular formula is C21H30N4O3. The lowest BCUT2D eigenvalue weighted by Crippen LogP contribution is -2.39. The highest BCUT2D eigenvalue weighted by molar-refractivity contribution is 5.79. The Labute approximate surface area is 166 Å². The maximum atomic E-state index is 10.5. The molecule has 0 saturated carbocycles. The molecule has 3 N–H and O–H groups in total. The number of nitrogens with zero attached hydrogens (tertiary/aromatic N) is 2. The van der Waals surface area contributed by atoms with E-state index in [9.17, 15) is 5.11 Å². The van der Waals surface area contributed by atoms with E-state index in [0.717, 1.165) is 16.9 Å². The number of ether oxygens (including phenoxy) is 2. The van der Waals surface area contributed by atoms with E-state index in [4.69, 9.17) is 9.47 Å². The summed E-state index contributed by atoms with van der Waals surface area (Å²) in [6, 6.07) is 11.3. The van der Waals surface area contributed by atoms with Crippen molar-refractivity contribution in [3.63, 3.8) is 0 Å². The predicted octanol–water partition coefficient (Wildman–Crippen LogP) is 2.67. The number of guanidine groups is 1. The van der Waals surface area contributed by atoms with Gasteiger partial charge in [0.1, 0.15) is 5.75 Å². The van der Waals surface area contributed by atoms with Crippen LogP contribution >= 0.6 is 0 Å². The number of aliphatic hydroxyl groups is 1. The van der Waals surface area contributed by atoms with Crippen LogP contribution in [0.5, 0.6) is 11.6 Å². The van der Waals surface area contributed by atoms with Gasteiger partial charge in [-0.15, -0.1) is 0 Å². The monoisotopic (exact) mass is 386 g/mol. The van der Waals surface area contributed by atoms with Gasteiger partial charge in [-0.05, 0) is 44.5 Å². The highest BCUT2D eigenvalue weighted by Gasteiger charge is 2.10. The summed E-state index contributed by atoms with van der Waals surface area (Å²) >= 11 is 0. The average molecular weight is 386 g/mol. The Balaban J connectivity index is 2.00. The van der Waals surface area contributed by atoms with Gasteiger partial charge in [-0.25, -0.2) is 9.98 Å². The van der Waals surface area contributed by atoms with E-state index in [1.165, 1.54) is 0 Å². The molecule has 0 amide bonds. The SMILES string of the molecule is CCNC(=NCc1cccnc1OC)NCC(O)c1cccc(OC(C)C)c1. The fraction of sp³-hybridized carbons (Fsp3) is 0.429. The first kappa shape index (κ1) is 21.5. The summed E-state index contributed by atoms with van der Waals surface area (Å²) in [6.07, 6.45) is 1.08. The van der Waals surface area contributed by atoms with Crippen LogP contribution in [0.2, 0.25) is 0 Å². The number of aromatic nitrogens is 1. The van der Waals surface area contributed by atoms with Crippen molar-refractivity contribution in [1.82, 2.24) is 15.6 Å². The summed E-state index contributed by atoms with van der Waals surface area (Å²) < 4.78 is 11.0. The molecule has 7 nitrogen and oxygen atoms in total. The van der Waals surface area contributed by atoms with Crippen LogP contribution in [-0.2, 0) is 6.54 Å². The van der Waals surface area contributed by atoms with Crippen LogP contribution in [0.25, 0.3) is 0 Å². The highest BCUT2D eigenvalue weighted by atomic mass is 16.5. The lowest BCUT2D eigenvalue weighted by atomic mass is 10.1. The fourth-order valence-electron chi connectivity index (χ4n) is 2.61. The molecule has 2 rings (SSSR count). The number of hydrogen-bond acceptors (Lipinski definition) is 5. The zero-order valence-electron chi connectivity index (χ0n) is 17.0. The average Bonchev–Trinajstić information content (AvgIpc) is 2.69. The van der Waals surface area contributed by atoms with Crippen molar-refractivity contribution in [3.8, 4) is 11.6 Å². The van der Waals surface area contributed by atoms with Crippen molar-refractivity contribution >= 4 is 5.96 Å². The molecule has 2 aromatic rings. The minimum atomic E-state index is -0.688. The van der Waals surface area contributed by atoms with Crippen LogP contribution in [-0.4, -0.2) is 42.4 Å². The van der Waals surface area contributed by atoms with Crippen molar-refractivity contribution in [2.75, 3.05) is 20.2 Å². The second-order valence-electron chi connectivity index (χ2n) is 6.50. The Morgan fingerprint density at radius 2 is 2.04 bits per heavy atom. The molecule has 0 aliphatic rings. The van der Waals surface area contributed by atoms with Crippen LogP contribution in [0.4, 0.5) is 0 Å². The van der Waals surface area contributed by atoms with Gasteiger partial charge >= 0.3 is 0 Å². The van der Waals surface area contributed by atoms with Crippen LogP contribution in [0.3, 0.4) is 0 Å². The number of benzene rings is 1. The molecule has 7 heteroatoms. The van der Waals surface area contributed by atoms with Crippen molar-refractivity contribution in [2.24, 2.45) is 4.99 Å². The first-order chi connectivity index (χ1) is 13.5. The first-order valence-corrected chi connectivity index (χ1v) is 9.48. The minimum absolute atomic E-state index is 0.0856. The zero-order chi connectivity index (χ0) is 20.4. The van der Waals surface area contributed by atoms with Crippen molar-refractivity contribution < 1.29 is 14.6 Å². The molecule has 0 aliphatic heterocycles. The Morgan fingerprint density at radius 3 is 2.75 bits per heavy atom. The van der Waals surface area contributed by atoms with Crippen LogP contribution in [0.1, 0.15) is 38.0 Å². The lowest BCUT2D eigenvalue weighted by Gasteiger charge is -2.17. The molecule has 0 fully saturated rings. The minimum Gasteiger partial charge on any atom is -0.491 e. The number of hydrogen-bond donors (Lipinski definition) is 3. The van der Waals surface area contributed by atoms with Crippen LogP contribution in [0.15, 0.2) is 47.6 Å². The number of pyridine rings is 1. The Kier molecular flexibility index (Phi) is 8.55. The van der Waals surface area contributed by atoms with Gasteiger partial charge in [0.15, 0.2) is 5.96 Å². The van der Waals surface area contributed by atoms with Gasteiger partial charge in [0, 0.05) is 24.8 Å². The number of aliphatic imine (C=N–C) groups is 1. The van der Waals surface area contributed by atoms with Crippen molar-refractivity contribution in [1.29, 1.82) is 0 Å². The van der Waals surface area contributed by atoms with E-state index in [-0.39, 0.29) is 6.10 Å². The quantitative estimate of drug-likeness (QED) is 0.454. The predicted molar refractivity (Wildman–Crippen MR) is 111 cm³/mol. The molecule has 28 heavy (non-hydrogen) atoms. The highest BCUT2D eigenvalue weighted by Crippen LogP contribution is 2.20. The molecule has 0 saturated heterocycles. The maximum Gasteiger partial charge on any atom is 0.218 e. The van der Waals surface area contributed by atoms with Gasteiger partial charge in [-0.1, -0.05) is 18.2 Å². The summed E-state index contributed by atoms with van der Waals surface area (Å²) in [4.78, 5) is 8.73. The van der Waals surface area contributed by atoms with Gasteiger partial charge in [-0.3, -0.25) is 0 Å². The lowest BCUT2D eigenvalue weighted by molar-refractivity contribution is 0.179. The normalized spacial score (nSPS) is 12.6. The third kappa shape index (κ3) is 6.74. The summed E-state index contributed by atoms with van der Waals surface area (Å²) in [5, 5.41) is 16.9. The maximum absolute atomic E-state index is 10.5. The molecular weight excluding hydrogens is 356 g/mol. The molecule has 0 spiro atoms. The molecule has 0 aliphatic carbocycles. The molecule has 0 radical (unpaired) electrons. The van der Waals surface area contributed by atoms with Crippen LogP contribution in [0, 0.1) is 0 Å². The van der Waals surface area contributed by atoms with E-state index in [1.54, 1.807) is 13.3 Å². The second kappa shape index (κ2) is 11.1. The van der Waals surface area contributed by atoms with Gasteiger partial charge < -0.3 is 25.2 Å². The number of methoxy groups -OCH3 is 1. The van der Waals surface area contributed by atoms with E-state index in [1.807, 2.05) is 57.2 Å². The van der Waals surface area contributed by atoms with E-state index in [2.05, 4.69) is 20.6 Å². The summed E-state index contributed by atoms with van der Waals surface area (Å²) in [5.41, 5.74) is 1.68. The molecule has 1 heterocycles. The standard InChI is InChI=1S/C21H30N4O3/c1-5-22-21(24-13-17-9-7-11-23-20(17)27-4)25-14-19(26)16-8-6-10-18(12-16)28-15(2)3/h6-12,15,19,26H,5,13-14H2,1-4H3,(H2,22,24,25). The molecule has 1 unspecified atom stereocenters. The van der Waals surface area contributed by atoms with E-state index >= 15 is 0 Å². The number of nitrogens with one attached hydrogen (secondary N) is 2. The van der Waals surface area contributed by atoms with Gasteiger partial charge in [-0.2, -0.15) is 0 Å². The third-order valence-corrected chi connectivity index (χ3v) is 3.87. The summed E-state index contributed by atoms with van der Waals surface area (Å²) in [5.74, 6) is 1.92. The second-order valence-corrected chi connectivity index (χ2v) is 6.50. The zero-order valence-corrected chi connectivity index (χ0v) is 17.0. The Hall–Kier alpha value is -2.80. The van der Waals surface area contributed by atoms with E-state index in [0.29, 0.717) is 31.5 Å². The molecule has 1 aromatic carbocycles. The first-order valence-electron chi connectivity index (χ1n) is 9.48. The number of rotatable bonds is 9. The van der Waals surface area contributed by atoms with Gasteiger partial charge in [0.25, 0.3) is 0 Å². The van der Waals surface area contributed by atoms with Crippen molar-refractivity contribution in [3.05, 3.63) is 53.7 Å². The molecule has 0 bridgehead atoms. The van der Waals surface area contributed by atoms with Gasteiger partial charge in [0.2, 0.25) is 5.88 Å². The summed E-state index contributed by atoms with van der Waals surface area (Å²) in [7, 11) is 1.59. The third-order valence-electron chi connectivity index (χ3n) is 3.87. The smallest absolute Gasteiger partial charge is 0.218 e. The Morgan fingerprint density at radius 1 is 1.21 bits per heavy atom. The summed E-state index contributed by atoms with van der Waals surface area (Å²) in [6.45, 7) is 7.39. The molecule has 1 aromatic heterocycles. The van der Waals surface area contributed by atoms with Crippen molar-refractivity contribution in [2.45, 2.75) is 39.5 Å². The largest absolute Gasteiger partial charge is 0.491 e. The molecule has 152 valence electrons. The van der Waals surface area contributed by atoms with E-state index < -0.39 is 6.10 Å². The fourth-order valence-corrected chi connectivity index (χ4v) is 2.61. The van der Waals surface area contributed by atoms with Gasteiger partial charge in [0.05, 0.1) is 25.9 Å². The van der Waals surface area contributed by atoms with Crippen LogP contribution < -0.4 is 20.1 Å². The number of aliphatic hydroxyl groups excluding tert-OH is 1.